The highest BCUT2D eigenvalue weighted by Crippen LogP contribution is 1.97. The average molecular weight is 422 g/mol. The van der Waals surface area contributed by atoms with E-state index < -0.39 is 0 Å². The first kappa shape index (κ1) is 34.7. The predicted octanol–water partition coefficient (Wildman–Crippen LogP) is 8.00. The molecule has 0 atom stereocenters. The van der Waals surface area contributed by atoms with Gasteiger partial charge in [0.05, 0.1) is 0 Å². The van der Waals surface area contributed by atoms with Gasteiger partial charge in [-0.25, -0.2) is 4.57 Å². The second kappa shape index (κ2) is 31.0. The fourth-order valence-corrected chi connectivity index (χ4v) is 1.43. The van der Waals surface area contributed by atoms with E-state index in [2.05, 4.69) is 57.3 Å². The Kier molecular flexibility index (Phi) is 37.1. The summed E-state index contributed by atoms with van der Waals surface area (Å²) >= 11 is 4.14. The highest BCUT2D eigenvalue weighted by Gasteiger charge is 1.93. The maximum Gasteiger partial charge on any atom is 0.168 e. The Morgan fingerprint density at radius 2 is 1.10 bits per heavy atom. The SMILES string of the molecule is CC.CC.CC.CC(C)=C(C)C.Nc1ccccc1.SCCC[n+]1ccccc1. The number of para-hydroxylation sites is 1. The highest BCUT2D eigenvalue weighted by atomic mass is 32.1. The van der Waals surface area contributed by atoms with Gasteiger partial charge in [-0.3, -0.25) is 0 Å². The van der Waals surface area contributed by atoms with Crippen LogP contribution in [0.4, 0.5) is 5.69 Å². The number of hydrogen-bond acceptors (Lipinski definition) is 2. The van der Waals surface area contributed by atoms with E-state index in [9.17, 15) is 0 Å². The van der Waals surface area contributed by atoms with Crippen LogP contribution in [0.2, 0.25) is 0 Å². The van der Waals surface area contributed by atoms with E-state index in [4.69, 9.17) is 5.73 Å². The van der Waals surface area contributed by atoms with Crippen molar-refractivity contribution in [1.82, 2.24) is 0 Å². The number of nitrogens with two attached hydrogens (primary N) is 1. The summed E-state index contributed by atoms with van der Waals surface area (Å²) in [6.07, 6.45) is 5.28. The van der Waals surface area contributed by atoms with Crippen LogP contribution in [0.3, 0.4) is 0 Å². The lowest BCUT2D eigenvalue weighted by Gasteiger charge is -1.91. The number of nitrogens with zero attached hydrogens (tertiary/aromatic N) is 1. The number of hydrogen-bond donors (Lipinski definition) is 2. The molecule has 3 heteroatoms. The van der Waals surface area contributed by atoms with Gasteiger partial charge < -0.3 is 5.73 Å². The third-order valence-corrected chi connectivity index (χ3v) is 3.47. The lowest BCUT2D eigenvalue weighted by Crippen LogP contribution is -2.32. The molecule has 2 N–H and O–H groups in total. The Balaban J connectivity index is -0.000000147. The number of allylic oxidation sites excluding steroid dienone is 2. The van der Waals surface area contributed by atoms with Crippen LogP contribution in [0.15, 0.2) is 72.1 Å². The Morgan fingerprint density at radius 3 is 1.38 bits per heavy atom. The third-order valence-electron chi connectivity index (χ3n) is 3.15. The van der Waals surface area contributed by atoms with E-state index in [1.165, 1.54) is 11.1 Å². The normalized spacial score (nSPS) is 7.69. The smallest absolute Gasteiger partial charge is 0.168 e. The van der Waals surface area contributed by atoms with Crippen molar-refractivity contribution in [2.24, 2.45) is 0 Å². The molecule has 0 fully saturated rings. The van der Waals surface area contributed by atoms with Crippen molar-refractivity contribution in [3.8, 4) is 0 Å². The first-order valence-corrected chi connectivity index (χ1v) is 11.6. The third kappa shape index (κ3) is 31.2. The van der Waals surface area contributed by atoms with Crippen molar-refractivity contribution in [3.63, 3.8) is 0 Å². The lowest BCUT2D eigenvalue weighted by atomic mass is 10.2. The Bertz CT molecular complexity index is 519. The molecule has 0 radical (unpaired) electrons. The molecule has 2 rings (SSSR count). The van der Waals surface area contributed by atoms with Crippen molar-refractivity contribution in [1.29, 1.82) is 0 Å². The van der Waals surface area contributed by atoms with Crippen molar-refractivity contribution in [2.45, 2.75) is 82.2 Å². The number of rotatable bonds is 3. The molecule has 0 aliphatic heterocycles. The van der Waals surface area contributed by atoms with E-state index in [1.54, 1.807) is 0 Å². The largest absolute Gasteiger partial charge is 0.399 e. The van der Waals surface area contributed by atoms with Crippen LogP contribution < -0.4 is 10.3 Å². The Morgan fingerprint density at radius 1 is 0.724 bits per heavy atom. The average Bonchev–Trinajstić information content (AvgIpc) is 2.78. The van der Waals surface area contributed by atoms with Gasteiger partial charge in [0, 0.05) is 24.2 Å². The molecule has 0 unspecified atom stereocenters. The van der Waals surface area contributed by atoms with Crippen LogP contribution in [0.1, 0.15) is 75.7 Å². The van der Waals surface area contributed by atoms with Gasteiger partial charge in [-0.2, -0.15) is 12.6 Å². The molecular formula is C26H49N2S+. The molecule has 2 aromatic rings. The van der Waals surface area contributed by atoms with Gasteiger partial charge in [-0.1, -0.05) is 77.0 Å². The molecule has 29 heavy (non-hydrogen) atoms. The minimum Gasteiger partial charge on any atom is -0.399 e. The zero-order chi connectivity index (χ0) is 23.5. The molecule has 0 amide bonds. The van der Waals surface area contributed by atoms with Gasteiger partial charge in [-0.15, -0.1) is 0 Å². The molecule has 1 aromatic carbocycles. The highest BCUT2D eigenvalue weighted by molar-refractivity contribution is 7.80. The van der Waals surface area contributed by atoms with Crippen molar-refractivity contribution < 1.29 is 4.57 Å². The Hall–Kier alpha value is -1.74. The summed E-state index contributed by atoms with van der Waals surface area (Å²) in [5.41, 5.74) is 9.03. The number of aromatic nitrogens is 1. The van der Waals surface area contributed by atoms with Crippen LogP contribution in [0, 0.1) is 0 Å². The summed E-state index contributed by atoms with van der Waals surface area (Å²) in [5, 5.41) is 0. The first-order chi connectivity index (χ1) is 14.0. The summed E-state index contributed by atoms with van der Waals surface area (Å²) in [6, 6.07) is 15.6. The van der Waals surface area contributed by atoms with Gasteiger partial charge in [0.15, 0.2) is 12.4 Å². The van der Waals surface area contributed by atoms with Crippen LogP contribution in [0.5, 0.6) is 0 Å². The number of thiol groups is 1. The molecule has 0 saturated carbocycles. The van der Waals surface area contributed by atoms with Gasteiger partial charge >= 0.3 is 0 Å². The first-order valence-electron chi connectivity index (χ1n) is 10.9. The number of nitrogen functional groups attached to an aromatic ring is 1. The van der Waals surface area contributed by atoms with E-state index in [-0.39, 0.29) is 0 Å². The maximum absolute atomic E-state index is 5.36. The van der Waals surface area contributed by atoms with Crippen LogP contribution >= 0.6 is 12.6 Å². The maximum atomic E-state index is 5.36. The van der Waals surface area contributed by atoms with E-state index >= 15 is 0 Å². The summed E-state index contributed by atoms with van der Waals surface area (Å²) in [6.45, 7) is 21.6. The summed E-state index contributed by atoms with van der Waals surface area (Å²) in [5.74, 6) is 0.960. The Labute approximate surface area is 188 Å². The molecule has 1 aromatic heterocycles. The number of anilines is 1. The fourth-order valence-electron chi connectivity index (χ4n) is 1.29. The van der Waals surface area contributed by atoms with Crippen molar-refractivity contribution >= 4 is 18.3 Å². The molecule has 1 heterocycles. The van der Waals surface area contributed by atoms with Gasteiger partial charge in [0.2, 0.25) is 0 Å². The minimum absolute atomic E-state index is 0.822. The minimum atomic E-state index is 0.822. The molecule has 0 bridgehead atoms. The topological polar surface area (TPSA) is 29.9 Å². The molecular weight excluding hydrogens is 372 g/mol. The zero-order valence-corrected chi connectivity index (χ0v) is 21.8. The molecule has 0 aliphatic rings. The second-order valence-corrected chi connectivity index (χ2v) is 6.05. The fraction of sp³-hybridized carbons (Fsp3) is 0.500. The monoisotopic (exact) mass is 421 g/mol. The van der Waals surface area contributed by atoms with Gasteiger partial charge in [-0.05, 0) is 45.6 Å². The second-order valence-electron chi connectivity index (χ2n) is 5.60. The van der Waals surface area contributed by atoms with E-state index in [0.717, 1.165) is 24.4 Å². The number of benzene rings is 1. The van der Waals surface area contributed by atoms with Crippen LogP contribution in [0.25, 0.3) is 0 Å². The van der Waals surface area contributed by atoms with Crippen molar-refractivity contribution in [3.05, 3.63) is 72.1 Å². The summed E-state index contributed by atoms with van der Waals surface area (Å²) in [7, 11) is 0. The number of aryl methyl sites for hydroxylation is 1. The standard InChI is InChI=1S/C8H11NS.C6H7N.C6H12.3C2H6/c10-8-4-7-9-5-2-1-3-6-9;7-6-4-2-1-3-5-6;1-5(2)6(3)4;3*1-2/h1-3,5-6H,4,7-8H2;1-5H,7H2;1-4H3;3*1-2H3/p+1. The predicted molar refractivity (Wildman–Crippen MR) is 140 cm³/mol. The molecule has 168 valence electrons. The zero-order valence-electron chi connectivity index (χ0n) is 20.9. The lowest BCUT2D eigenvalue weighted by molar-refractivity contribution is -0.696. The molecule has 0 aliphatic carbocycles. The van der Waals surface area contributed by atoms with Crippen LogP contribution in [-0.2, 0) is 6.54 Å². The molecule has 0 spiro atoms. The quantitative estimate of drug-likeness (QED) is 0.223. The molecule has 2 nitrogen and oxygen atoms in total. The van der Waals surface area contributed by atoms with Gasteiger partial charge in [0.25, 0.3) is 0 Å². The summed E-state index contributed by atoms with van der Waals surface area (Å²) in [4.78, 5) is 0. The number of pyridine rings is 1. The van der Waals surface area contributed by atoms with Gasteiger partial charge in [0.1, 0.15) is 6.54 Å². The molecule has 0 saturated heterocycles. The van der Waals surface area contributed by atoms with Crippen LogP contribution in [-0.4, -0.2) is 5.75 Å². The van der Waals surface area contributed by atoms with Crippen molar-refractivity contribution in [2.75, 3.05) is 11.5 Å². The van der Waals surface area contributed by atoms with E-state index in [1.807, 2.05) is 90.1 Å². The summed E-state index contributed by atoms with van der Waals surface area (Å²) < 4.78 is 2.16. The van der Waals surface area contributed by atoms with E-state index in [0.29, 0.717) is 0 Å².